The summed E-state index contributed by atoms with van der Waals surface area (Å²) in [6.45, 7) is 1.74. The molecule has 0 unspecified atom stereocenters. The van der Waals surface area contributed by atoms with E-state index in [0.717, 1.165) is 0 Å². The molecule has 0 bridgehead atoms. The standard InChI is InChI=1S/C10H8N2O3/c1-6-5-9(13)10-7(11-6)3-2-4-8(10)12(14)15/h2-4H,5H2,1H3. The Bertz CT molecular complexity index is 491. The molecule has 0 saturated heterocycles. The van der Waals surface area contributed by atoms with Crippen LogP contribution in [0.2, 0.25) is 0 Å². The van der Waals surface area contributed by atoms with Gasteiger partial charge in [0.1, 0.15) is 5.56 Å². The molecule has 0 amide bonds. The van der Waals surface area contributed by atoms with E-state index in [1.54, 1.807) is 13.0 Å². The molecule has 1 heterocycles. The lowest BCUT2D eigenvalue weighted by Crippen LogP contribution is -2.12. The predicted octanol–water partition coefficient (Wildman–Crippen LogP) is 2.27. The fourth-order valence-corrected chi connectivity index (χ4v) is 1.63. The molecule has 1 aromatic carbocycles. The highest BCUT2D eigenvalue weighted by atomic mass is 16.6. The van der Waals surface area contributed by atoms with Crippen molar-refractivity contribution in [2.45, 2.75) is 13.3 Å². The van der Waals surface area contributed by atoms with E-state index in [-0.39, 0.29) is 23.5 Å². The van der Waals surface area contributed by atoms with Gasteiger partial charge in [0.2, 0.25) is 0 Å². The second-order valence-corrected chi connectivity index (χ2v) is 3.38. The minimum absolute atomic E-state index is 0.133. The van der Waals surface area contributed by atoms with Crippen molar-refractivity contribution in [2.75, 3.05) is 0 Å². The van der Waals surface area contributed by atoms with Crippen LogP contribution in [-0.4, -0.2) is 16.4 Å². The Labute approximate surface area is 85.6 Å². The number of ketones is 1. The van der Waals surface area contributed by atoms with Crippen LogP contribution in [-0.2, 0) is 0 Å². The first-order chi connectivity index (χ1) is 7.09. The number of nitro benzene ring substituents is 1. The molecule has 0 saturated carbocycles. The molecule has 0 aromatic heterocycles. The van der Waals surface area contributed by atoms with Gasteiger partial charge < -0.3 is 0 Å². The zero-order chi connectivity index (χ0) is 11.0. The van der Waals surface area contributed by atoms with Crippen LogP contribution in [0.15, 0.2) is 23.2 Å². The highest BCUT2D eigenvalue weighted by Crippen LogP contribution is 2.32. The molecule has 1 aliphatic rings. The van der Waals surface area contributed by atoms with Gasteiger partial charge in [-0.05, 0) is 13.0 Å². The average Bonchev–Trinajstić information content (AvgIpc) is 2.16. The summed E-state index contributed by atoms with van der Waals surface area (Å²) in [5.74, 6) is -0.232. The minimum atomic E-state index is -0.549. The van der Waals surface area contributed by atoms with Crippen molar-refractivity contribution in [1.82, 2.24) is 0 Å². The summed E-state index contributed by atoms with van der Waals surface area (Å²) >= 11 is 0. The maximum absolute atomic E-state index is 11.6. The topological polar surface area (TPSA) is 72.6 Å². The van der Waals surface area contributed by atoms with Crippen molar-refractivity contribution in [3.63, 3.8) is 0 Å². The molecule has 1 aromatic rings. The van der Waals surface area contributed by atoms with Crippen LogP contribution < -0.4 is 0 Å². The lowest BCUT2D eigenvalue weighted by atomic mass is 9.99. The molecule has 0 N–H and O–H groups in total. The molecule has 5 nitrogen and oxygen atoms in total. The van der Waals surface area contributed by atoms with Gasteiger partial charge in [-0.15, -0.1) is 0 Å². The number of carbonyl (C=O) groups is 1. The summed E-state index contributed by atoms with van der Waals surface area (Å²) in [5, 5.41) is 10.7. The van der Waals surface area contributed by atoms with E-state index >= 15 is 0 Å². The van der Waals surface area contributed by atoms with Gasteiger partial charge in [0.25, 0.3) is 5.69 Å². The van der Waals surface area contributed by atoms with Crippen LogP contribution in [0.3, 0.4) is 0 Å². The third kappa shape index (κ3) is 1.52. The molecular formula is C10H8N2O3. The summed E-state index contributed by atoms with van der Waals surface area (Å²) in [4.78, 5) is 25.9. The highest BCUT2D eigenvalue weighted by molar-refractivity contribution is 6.17. The van der Waals surface area contributed by atoms with Crippen molar-refractivity contribution in [3.05, 3.63) is 33.9 Å². The van der Waals surface area contributed by atoms with Crippen molar-refractivity contribution < 1.29 is 9.72 Å². The van der Waals surface area contributed by atoms with Crippen LogP contribution in [0.25, 0.3) is 0 Å². The first-order valence-corrected chi connectivity index (χ1v) is 4.44. The number of benzene rings is 1. The smallest absolute Gasteiger partial charge is 0.282 e. The van der Waals surface area contributed by atoms with E-state index in [2.05, 4.69) is 4.99 Å². The maximum Gasteiger partial charge on any atom is 0.282 e. The molecule has 1 aliphatic heterocycles. The summed E-state index contributed by atoms with van der Waals surface area (Å²) in [7, 11) is 0. The van der Waals surface area contributed by atoms with Crippen molar-refractivity contribution in [1.29, 1.82) is 0 Å². The van der Waals surface area contributed by atoms with Crippen LogP contribution in [0, 0.1) is 10.1 Å². The predicted molar refractivity (Wildman–Crippen MR) is 54.8 cm³/mol. The Morgan fingerprint density at radius 2 is 2.20 bits per heavy atom. The lowest BCUT2D eigenvalue weighted by molar-refractivity contribution is -0.385. The molecule has 5 heteroatoms. The summed E-state index contributed by atoms with van der Waals surface area (Å²) < 4.78 is 0. The van der Waals surface area contributed by atoms with Gasteiger partial charge in [-0.3, -0.25) is 19.9 Å². The van der Waals surface area contributed by atoms with Crippen LogP contribution in [0.1, 0.15) is 23.7 Å². The number of hydrogen-bond acceptors (Lipinski definition) is 4. The summed E-state index contributed by atoms with van der Waals surface area (Å²) in [5.41, 5.74) is 1.06. The summed E-state index contributed by atoms with van der Waals surface area (Å²) in [6, 6.07) is 4.47. The Balaban J connectivity index is 2.71. The van der Waals surface area contributed by atoms with Gasteiger partial charge in [-0.1, -0.05) is 6.07 Å². The largest absolute Gasteiger partial charge is 0.293 e. The van der Waals surface area contributed by atoms with E-state index in [1.165, 1.54) is 12.1 Å². The third-order valence-corrected chi connectivity index (χ3v) is 2.22. The average molecular weight is 204 g/mol. The second-order valence-electron chi connectivity index (χ2n) is 3.38. The fraction of sp³-hybridized carbons (Fsp3) is 0.200. The highest BCUT2D eigenvalue weighted by Gasteiger charge is 2.26. The molecule has 0 spiro atoms. The van der Waals surface area contributed by atoms with Gasteiger partial charge >= 0.3 is 0 Å². The quantitative estimate of drug-likeness (QED) is 0.520. The Kier molecular flexibility index (Phi) is 2.07. The van der Waals surface area contributed by atoms with E-state index in [0.29, 0.717) is 11.4 Å². The second kappa shape index (κ2) is 3.27. The van der Waals surface area contributed by atoms with E-state index in [1.807, 2.05) is 0 Å². The van der Waals surface area contributed by atoms with Crippen LogP contribution in [0.5, 0.6) is 0 Å². The molecule has 0 fully saturated rings. The van der Waals surface area contributed by atoms with Crippen LogP contribution >= 0.6 is 0 Å². The molecule has 0 radical (unpaired) electrons. The first-order valence-electron chi connectivity index (χ1n) is 4.44. The Hall–Kier alpha value is -2.04. The zero-order valence-corrected chi connectivity index (χ0v) is 8.06. The molecule has 2 rings (SSSR count). The number of carbonyl (C=O) groups excluding carboxylic acids is 1. The number of hydrogen-bond donors (Lipinski definition) is 0. The zero-order valence-electron chi connectivity index (χ0n) is 8.06. The van der Waals surface area contributed by atoms with E-state index in [9.17, 15) is 14.9 Å². The number of fused-ring (bicyclic) bond motifs is 1. The third-order valence-electron chi connectivity index (χ3n) is 2.22. The first kappa shape index (κ1) is 9.51. The minimum Gasteiger partial charge on any atom is -0.293 e. The monoisotopic (exact) mass is 204 g/mol. The van der Waals surface area contributed by atoms with Gasteiger partial charge in [-0.2, -0.15) is 0 Å². The molecule has 0 atom stereocenters. The Morgan fingerprint density at radius 1 is 1.47 bits per heavy atom. The van der Waals surface area contributed by atoms with Gasteiger partial charge in [0, 0.05) is 18.2 Å². The molecule has 15 heavy (non-hydrogen) atoms. The fourth-order valence-electron chi connectivity index (χ4n) is 1.63. The Morgan fingerprint density at radius 3 is 2.87 bits per heavy atom. The van der Waals surface area contributed by atoms with Crippen LogP contribution in [0.4, 0.5) is 11.4 Å². The number of aliphatic imine (C=N–C) groups is 1. The van der Waals surface area contributed by atoms with Gasteiger partial charge in [0.15, 0.2) is 5.78 Å². The molecular weight excluding hydrogens is 196 g/mol. The lowest BCUT2D eigenvalue weighted by Gasteiger charge is -2.11. The molecule has 76 valence electrons. The molecule has 0 aliphatic carbocycles. The number of nitro groups is 1. The van der Waals surface area contributed by atoms with Crippen molar-refractivity contribution >= 4 is 22.9 Å². The van der Waals surface area contributed by atoms with Gasteiger partial charge in [0.05, 0.1) is 10.6 Å². The van der Waals surface area contributed by atoms with Crippen molar-refractivity contribution in [3.8, 4) is 0 Å². The van der Waals surface area contributed by atoms with Gasteiger partial charge in [-0.25, -0.2) is 0 Å². The number of nitrogens with zero attached hydrogens (tertiary/aromatic N) is 2. The maximum atomic E-state index is 11.6. The van der Waals surface area contributed by atoms with E-state index < -0.39 is 4.92 Å². The van der Waals surface area contributed by atoms with E-state index in [4.69, 9.17) is 0 Å². The summed E-state index contributed by atoms with van der Waals surface area (Å²) in [6.07, 6.45) is 0.165. The number of rotatable bonds is 1. The normalized spacial score (nSPS) is 14.5. The SMILES string of the molecule is CC1=Nc2cccc([N+](=O)[O-])c2C(=O)C1. The number of Topliss-reactive ketones (excluding diaryl/α,β-unsaturated/α-hetero) is 1. The van der Waals surface area contributed by atoms with Crippen molar-refractivity contribution in [2.24, 2.45) is 4.99 Å².